The highest BCUT2D eigenvalue weighted by molar-refractivity contribution is 8.01. The molecule has 0 amide bonds. The van der Waals surface area contributed by atoms with Crippen LogP contribution in [-0.4, -0.2) is 17.3 Å². The molecule has 0 fully saturated rings. The number of nitrogens with one attached hydrogen (secondary N) is 1. The second-order valence-corrected chi connectivity index (χ2v) is 7.59. The van der Waals surface area contributed by atoms with Crippen molar-refractivity contribution >= 4 is 23.1 Å². The second kappa shape index (κ2) is 6.16. The Bertz CT molecular complexity index is 568. The van der Waals surface area contributed by atoms with Crippen LogP contribution in [0.2, 0.25) is 0 Å². The Morgan fingerprint density at radius 1 is 1.40 bits per heavy atom. The highest BCUT2D eigenvalue weighted by atomic mass is 32.2. The number of thiophene rings is 1. The number of nitrogens with zero attached hydrogens (tertiary/aromatic N) is 1. The largest absolute Gasteiger partial charge is 0.481 e. The third-order valence-corrected chi connectivity index (χ3v) is 5.81. The Morgan fingerprint density at radius 2 is 2.30 bits per heavy atom. The number of hydrogen-bond donors (Lipinski definition) is 1. The quantitative estimate of drug-likeness (QED) is 0.930. The summed E-state index contributed by atoms with van der Waals surface area (Å²) in [7, 11) is 1.64. The lowest BCUT2D eigenvalue weighted by atomic mass is 10.0. The lowest BCUT2D eigenvalue weighted by Gasteiger charge is -2.27. The Hall–Kier alpha value is -1.04. The van der Waals surface area contributed by atoms with Gasteiger partial charge in [0.25, 0.3) is 0 Å². The molecule has 1 unspecified atom stereocenters. The molecule has 3 rings (SSSR count). The van der Waals surface area contributed by atoms with Gasteiger partial charge in [0, 0.05) is 30.1 Å². The zero-order chi connectivity index (χ0) is 13.9. The first-order valence-electron chi connectivity index (χ1n) is 6.72. The maximum Gasteiger partial charge on any atom is 0.212 e. The Morgan fingerprint density at radius 3 is 3.05 bits per heavy atom. The minimum Gasteiger partial charge on any atom is -0.481 e. The lowest BCUT2D eigenvalue weighted by Crippen LogP contribution is -2.26. The number of rotatable bonds is 4. The first-order valence-corrected chi connectivity index (χ1v) is 8.48. The summed E-state index contributed by atoms with van der Waals surface area (Å²) < 4.78 is 6.55. The first kappa shape index (κ1) is 13.9. The molecule has 3 nitrogen and oxygen atoms in total. The van der Waals surface area contributed by atoms with Crippen molar-refractivity contribution in [2.24, 2.45) is 0 Å². The van der Waals surface area contributed by atoms with Gasteiger partial charge in [0.05, 0.1) is 11.3 Å². The molecule has 0 aromatic carbocycles. The van der Waals surface area contributed by atoms with Crippen molar-refractivity contribution in [3.05, 3.63) is 40.9 Å². The standard InChI is InChI=1S/C15H18N2OS2/c1-10-7-13(12-5-6-19-15(12)20-10)16-8-11-3-4-14(18-2)17-9-11/h3-6,9-10,13,16H,7-8H2,1-2H3/t10-,13?/m0/s1. The van der Waals surface area contributed by atoms with Crippen molar-refractivity contribution in [3.8, 4) is 5.88 Å². The Kier molecular flexibility index (Phi) is 4.29. The summed E-state index contributed by atoms with van der Waals surface area (Å²) >= 11 is 3.85. The molecule has 0 aliphatic carbocycles. The highest BCUT2D eigenvalue weighted by Gasteiger charge is 2.25. The summed E-state index contributed by atoms with van der Waals surface area (Å²) in [4.78, 5) is 4.25. The minimum atomic E-state index is 0.453. The van der Waals surface area contributed by atoms with Crippen molar-refractivity contribution in [1.82, 2.24) is 10.3 Å². The van der Waals surface area contributed by atoms with Crippen LogP contribution >= 0.6 is 23.1 Å². The molecular weight excluding hydrogens is 288 g/mol. The molecule has 106 valence electrons. The van der Waals surface area contributed by atoms with Gasteiger partial charge in [-0.15, -0.1) is 23.1 Å². The molecule has 5 heteroatoms. The number of thioether (sulfide) groups is 1. The summed E-state index contributed by atoms with van der Waals surface area (Å²) in [6, 6.07) is 6.68. The van der Waals surface area contributed by atoms with Crippen molar-refractivity contribution in [3.63, 3.8) is 0 Å². The molecule has 2 aromatic heterocycles. The van der Waals surface area contributed by atoms with Crippen molar-refractivity contribution in [2.75, 3.05) is 7.11 Å². The van der Waals surface area contributed by atoms with Gasteiger partial charge in [-0.3, -0.25) is 0 Å². The van der Waals surface area contributed by atoms with E-state index in [0.717, 1.165) is 6.54 Å². The van der Waals surface area contributed by atoms with Gasteiger partial charge < -0.3 is 10.1 Å². The van der Waals surface area contributed by atoms with E-state index in [-0.39, 0.29) is 0 Å². The maximum atomic E-state index is 5.08. The fourth-order valence-corrected chi connectivity index (χ4v) is 4.99. The van der Waals surface area contributed by atoms with Gasteiger partial charge >= 0.3 is 0 Å². The van der Waals surface area contributed by atoms with Crippen molar-refractivity contribution < 1.29 is 4.74 Å². The van der Waals surface area contributed by atoms with Crippen LogP contribution in [0.15, 0.2) is 34.0 Å². The van der Waals surface area contributed by atoms with Gasteiger partial charge in [0.1, 0.15) is 0 Å². The van der Waals surface area contributed by atoms with Crippen LogP contribution in [0.5, 0.6) is 5.88 Å². The molecule has 2 atom stereocenters. The van der Waals surface area contributed by atoms with E-state index >= 15 is 0 Å². The van der Waals surface area contributed by atoms with E-state index in [1.807, 2.05) is 35.4 Å². The van der Waals surface area contributed by atoms with E-state index in [2.05, 4.69) is 34.7 Å². The van der Waals surface area contributed by atoms with Crippen LogP contribution in [0.4, 0.5) is 0 Å². The van der Waals surface area contributed by atoms with Crippen molar-refractivity contribution in [1.29, 1.82) is 0 Å². The molecular formula is C15H18N2OS2. The molecule has 1 aliphatic rings. The van der Waals surface area contributed by atoms with E-state index in [1.165, 1.54) is 21.8 Å². The molecule has 0 bridgehead atoms. The monoisotopic (exact) mass is 306 g/mol. The summed E-state index contributed by atoms with van der Waals surface area (Å²) in [6.07, 6.45) is 3.05. The number of pyridine rings is 1. The fourth-order valence-electron chi connectivity index (χ4n) is 2.42. The number of methoxy groups -OCH3 is 1. The second-order valence-electron chi connectivity index (χ2n) is 4.97. The van der Waals surface area contributed by atoms with E-state index in [4.69, 9.17) is 4.74 Å². The summed E-state index contributed by atoms with van der Waals surface area (Å²) in [6.45, 7) is 3.14. The summed E-state index contributed by atoms with van der Waals surface area (Å²) in [5.41, 5.74) is 2.65. The van der Waals surface area contributed by atoms with E-state index in [0.29, 0.717) is 17.2 Å². The van der Waals surface area contributed by atoms with Gasteiger partial charge in [-0.05, 0) is 29.0 Å². The zero-order valence-corrected chi connectivity index (χ0v) is 13.3. The topological polar surface area (TPSA) is 34.1 Å². The van der Waals surface area contributed by atoms with Crippen LogP contribution in [0.25, 0.3) is 0 Å². The smallest absolute Gasteiger partial charge is 0.212 e. The molecule has 1 N–H and O–H groups in total. The first-order chi connectivity index (χ1) is 9.76. The number of aromatic nitrogens is 1. The Labute approximate surface area is 127 Å². The average molecular weight is 306 g/mol. The molecule has 0 spiro atoms. The fraction of sp³-hybridized carbons (Fsp3) is 0.400. The molecule has 3 heterocycles. The summed E-state index contributed by atoms with van der Waals surface area (Å²) in [5.74, 6) is 0.663. The molecule has 0 saturated carbocycles. The maximum absolute atomic E-state index is 5.08. The summed E-state index contributed by atoms with van der Waals surface area (Å²) in [5, 5.41) is 6.53. The van der Waals surface area contributed by atoms with Gasteiger partial charge in [-0.1, -0.05) is 13.0 Å². The predicted molar refractivity (Wildman–Crippen MR) is 84.6 cm³/mol. The Balaban J connectivity index is 1.66. The van der Waals surface area contributed by atoms with Crippen LogP contribution in [-0.2, 0) is 6.54 Å². The average Bonchev–Trinajstić information content (AvgIpc) is 2.93. The third kappa shape index (κ3) is 3.00. The number of ether oxygens (including phenoxy) is 1. The third-order valence-electron chi connectivity index (χ3n) is 3.47. The van der Waals surface area contributed by atoms with E-state index in [1.54, 1.807) is 7.11 Å². The zero-order valence-electron chi connectivity index (χ0n) is 11.6. The van der Waals surface area contributed by atoms with Crippen LogP contribution in [0.3, 0.4) is 0 Å². The van der Waals surface area contributed by atoms with Gasteiger partial charge in [0.2, 0.25) is 5.88 Å². The molecule has 2 aromatic rings. The molecule has 1 aliphatic heterocycles. The van der Waals surface area contributed by atoms with Crippen LogP contribution < -0.4 is 10.1 Å². The van der Waals surface area contributed by atoms with E-state index < -0.39 is 0 Å². The number of fused-ring (bicyclic) bond motifs is 1. The van der Waals surface area contributed by atoms with Crippen LogP contribution in [0, 0.1) is 0 Å². The van der Waals surface area contributed by atoms with Gasteiger partial charge in [0.15, 0.2) is 0 Å². The molecule has 0 saturated heterocycles. The molecule has 20 heavy (non-hydrogen) atoms. The normalized spacial score (nSPS) is 21.5. The lowest BCUT2D eigenvalue weighted by molar-refractivity contribution is 0.397. The van der Waals surface area contributed by atoms with Gasteiger partial charge in [-0.25, -0.2) is 4.98 Å². The van der Waals surface area contributed by atoms with E-state index in [9.17, 15) is 0 Å². The SMILES string of the molecule is COc1ccc(CNC2C[C@H](C)Sc3sccc32)cn1. The number of hydrogen-bond acceptors (Lipinski definition) is 5. The van der Waals surface area contributed by atoms with Crippen LogP contribution in [0.1, 0.15) is 30.5 Å². The highest BCUT2D eigenvalue weighted by Crippen LogP contribution is 2.43. The minimum absolute atomic E-state index is 0.453. The van der Waals surface area contributed by atoms with Crippen molar-refractivity contribution in [2.45, 2.75) is 35.4 Å². The predicted octanol–water partition coefficient (Wildman–Crippen LogP) is 3.87. The van der Waals surface area contributed by atoms with Gasteiger partial charge in [-0.2, -0.15) is 0 Å². The molecule has 0 radical (unpaired) electrons.